The molecule has 0 saturated carbocycles. The normalized spacial score (nSPS) is 14.5. The van der Waals surface area contributed by atoms with Crippen molar-refractivity contribution >= 4 is 27.3 Å². The Balaban J connectivity index is 1.76. The Morgan fingerprint density at radius 1 is 1.09 bits per heavy atom. The Morgan fingerprint density at radius 2 is 1.79 bits per heavy atom. The van der Waals surface area contributed by atoms with E-state index in [1.54, 1.807) is 19.9 Å². The summed E-state index contributed by atoms with van der Waals surface area (Å²) in [6.07, 6.45) is 2.57. The van der Waals surface area contributed by atoms with Crippen molar-refractivity contribution in [3.05, 3.63) is 52.1 Å². The molecule has 0 aliphatic carbocycles. The smallest absolute Gasteiger partial charge is 0.311 e. The zero-order valence-electron chi connectivity index (χ0n) is 18.6. The molecule has 11 heteroatoms. The van der Waals surface area contributed by atoms with Crippen molar-refractivity contribution in [3.8, 4) is 11.5 Å². The first-order valence-corrected chi connectivity index (χ1v) is 12.1. The van der Waals surface area contributed by atoms with Crippen LogP contribution in [-0.4, -0.2) is 49.9 Å². The third-order valence-electron chi connectivity index (χ3n) is 5.13. The van der Waals surface area contributed by atoms with Crippen molar-refractivity contribution in [3.63, 3.8) is 0 Å². The van der Waals surface area contributed by atoms with Crippen LogP contribution in [0.5, 0.6) is 11.5 Å². The number of carbonyl (C=O) groups is 1. The fraction of sp³-hybridized carbons (Fsp3) is 0.409. The van der Waals surface area contributed by atoms with Gasteiger partial charge in [-0.15, -0.1) is 0 Å². The highest BCUT2D eigenvalue weighted by atomic mass is 32.2. The van der Waals surface area contributed by atoms with Gasteiger partial charge in [0.25, 0.3) is 5.91 Å². The van der Waals surface area contributed by atoms with E-state index in [1.165, 1.54) is 34.6 Å². The molecule has 0 aromatic heterocycles. The Kier molecular flexibility index (Phi) is 7.88. The zero-order chi connectivity index (χ0) is 24.0. The molecule has 1 heterocycles. The molecule has 1 N–H and O–H groups in total. The number of carbonyl (C=O) groups excluding carboxylic acids is 1. The van der Waals surface area contributed by atoms with Crippen LogP contribution in [0.2, 0.25) is 0 Å². The maximum atomic E-state index is 13.2. The van der Waals surface area contributed by atoms with Crippen LogP contribution in [-0.2, 0) is 14.8 Å². The van der Waals surface area contributed by atoms with E-state index in [2.05, 4.69) is 5.32 Å². The fourth-order valence-corrected chi connectivity index (χ4v) is 5.21. The number of aryl methyl sites for hydroxylation is 1. The number of rotatable bonds is 9. The minimum atomic E-state index is -3.80. The monoisotopic (exact) mass is 477 g/mol. The Bertz CT molecular complexity index is 1130. The molecule has 178 valence electrons. The topological polar surface area (TPSA) is 128 Å². The lowest BCUT2D eigenvalue weighted by Gasteiger charge is -2.27. The predicted molar refractivity (Wildman–Crippen MR) is 122 cm³/mol. The molecule has 0 atom stereocenters. The van der Waals surface area contributed by atoms with Crippen LogP contribution in [0, 0.1) is 17.0 Å². The van der Waals surface area contributed by atoms with E-state index in [9.17, 15) is 23.3 Å². The number of nitrogens with one attached hydrogen (secondary N) is 1. The van der Waals surface area contributed by atoms with Gasteiger partial charge in [0.1, 0.15) is 10.6 Å². The van der Waals surface area contributed by atoms with E-state index in [0.29, 0.717) is 18.7 Å². The average molecular weight is 478 g/mol. The first-order chi connectivity index (χ1) is 15.7. The standard InChI is InChI=1S/C22H27N3O7S/c1-3-31-20-10-8-17(14-21(20)33(29,30)24-11-5-4-6-12-24)23-22(26)15-32-19-9-7-16(2)13-18(19)25(27)28/h7-10,13-14H,3-6,11-12,15H2,1-2H3,(H,23,26). The third-order valence-corrected chi connectivity index (χ3v) is 7.05. The number of nitro benzene ring substituents is 1. The fourth-order valence-electron chi connectivity index (χ4n) is 3.54. The summed E-state index contributed by atoms with van der Waals surface area (Å²) >= 11 is 0. The molecule has 2 aromatic carbocycles. The van der Waals surface area contributed by atoms with Gasteiger partial charge in [0.15, 0.2) is 12.4 Å². The molecule has 2 aromatic rings. The van der Waals surface area contributed by atoms with Gasteiger partial charge < -0.3 is 14.8 Å². The molecule has 0 unspecified atom stereocenters. The van der Waals surface area contributed by atoms with Crippen LogP contribution >= 0.6 is 0 Å². The van der Waals surface area contributed by atoms with Crippen LogP contribution in [0.3, 0.4) is 0 Å². The summed E-state index contributed by atoms with van der Waals surface area (Å²) in [5.74, 6) is -0.399. The molecule has 1 aliphatic rings. The molecule has 0 radical (unpaired) electrons. The number of nitro groups is 1. The quantitative estimate of drug-likeness (QED) is 0.432. The van der Waals surface area contributed by atoms with Crippen LogP contribution < -0.4 is 14.8 Å². The number of amides is 1. The predicted octanol–water partition coefficient (Wildman–Crippen LogP) is 3.49. The highest BCUT2D eigenvalue weighted by Crippen LogP contribution is 2.32. The molecule has 3 rings (SSSR count). The van der Waals surface area contributed by atoms with E-state index in [-0.39, 0.29) is 34.4 Å². The summed E-state index contributed by atoms with van der Waals surface area (Å²) in [4.78, 5) is 23.0. The molecule has 1 saturated heterocycles. The maximum absolute atomic E-state index is 13.2. The molecule has 0 spiro atoms. The molecule has 1 amide bonds. The van der Waals surface area contributed by atoms with E-state index in [4.69, 9.17) is 9.47 Å². The van der Waals surface area contributed by atoms with Gasteiger partial charge in [0.05, 0.1) is 11.5 Å². The van der Waals surface area contributed by atoms with Crippen molar-refractivity contribution in [1.82, 2.24) is 4.31 Å². The summed E-state index contributed by atoms with van der Waals surface area (Å²) in [6.45, 7) is 4.16. The second-order valence-corrected chi connectivity index (χ2v) is 9.53. The number of piperidine rings is 1. The maximum Gasteiger partial charge on any atom is 0.311 e. The van der Waals surface area contributed by atoms with E-state index >= 15 is 0 Å². The van der Waals surface area contributed by atoms with Crippen LogP contribution in [0.1, 0.15) is 31.7 Å². The summed E-state index contributed by atoms with van der Waals surface area (Å²) < 4.78 is 38.7. The van der Waals surface area contributed by atoms with Crippen molar-refractivity contribution < 1.29 is 27.6 Å². The molecular weight excluding hydrogens is 450 g/mol. The van der Waals surface area contributed by atoms with Gasteiger partial charge in [-0.3, -0.25) is 14.9 Å². The number of benzene rings is 2. The van der Waals surface area contributed by atoms with Crippen molar-refractivity contribution in [2.45, 2.75) is 38.0 Å². The van der Waals surface area contributed by atoms with Gasteiger partial charge in [-0.25, -0.2) is 8.42 Å². The lowest BCUT2D eigenvalue weighted by Crippen LogP contribution is -2.35. The van der Waals surface area contributed by atoms with Gasteiger partial charge in [0, 0.05) is 24.8 Å². The number of nitrogens with zero attached hydrogens (tertiary/aromatic N) is 2. The van der Waals surface area contributed by atoms with E-state index in [0.717, 1.165) is 19.3 Å². The minimum Gasteiger partial charge on any atom is -0.492 e. The lowest BCUT2D eigenvalue weighted by molar-refractivity contribution is -0.385. The van der Waals surface area contributed by atoms with Crippen molar-refractivity contribution in [2.24, 2.45) is 0 Å². The van der Waals surface area contributed by atoms with E-state index < -0.39 is 27.5 Å². The second-order valence-electron chi connectivity index (χ2n) is 7.62. The number of hydrogen-bond donors (Lipinski definition) is 1. The molecule has 33 heavy (non-hydrogen) atoms. The summed E-state index contributed by atoms with van der Waals surface area (Å²) in [7, 11) is -3.80. The van der Waals surface area contributed by atoms with Gasteiger partial charge in [-0.2, -0.15) is 4.31 Å². The summed E-state index contributed by atoms with van der Waals surface area (Å²) in [5, 5.41) is 13.8. The molecule has 0 bridgehead atoms. The van der Waals surface area contributed by atoms with Gasteiger partial charge in [0.2, 0.25) is 10.0 Å². The average Bonchev–Trinajstić information content (AvgIpc) is 2.79. The second kappa shape index (κ2) is 10.6. The van der Waals surface area contributed by atoms with Crippen molar-refractivity contribution in [1.29, 1.82) is 0 Å². The first-order valence-electron chi connectivity index (χ1n) is 10.7. The summed E-state index contributed by atoms with van der Waals surface area (Å²) in [6, 6.07) is 8.83. The van der Waals surface area contributed by atoms with E-state index in [1.807, 2.05) is 0 Å². The van der Waals surface area contributed by atoms with Crippen LogP contribution in [0.25, 0.3) is 0 Å². The Morgan fingerprint density at radius 3 is 2.45 bits per heavy atom. The Labute approximate surface area is 192 Å². The number of anilines is 1. The SMILES string of the molecule is CCOc1ccc(NC(=O)COc2ccc(C)cc2[N+](=O)[O-])cc1S(=O)(=O)N1CCCCC1. The third kappa shape index (κ3) is 5.99. The highest BCUT2D eigenvalue weighted by molar-refractivity contribution is 7.89. The largest absolute Gasteiger partial charge is 0.492 e. The number of sulfonamides is 1. The molecule has 10 nitrogen and oxygen atoms in total. The highest BCUT2D eigenvalue weighted by Gasteiger charge is 2.29. The Hall–Kier alpha value is -3.18. The van der Waals surface area contributed by atoms with Gasteiger partial charge in [-0.1, -0.05) is 12.5 Å². The number of hydrogen-bond acceptors (Lipinski definition) is 7. The minimum absolute atomic E-state index is 0.0147. The van der Waals surface area contributed by atoms with Crippen LogP contribution in [0.4, 0.5) is 11.4 Å². The zero-order valence-corrected chi connectivity index (χ0v) is 19.4. The van der Waals surface area contributed by atoms with Gasteiger partial charge in [-0.05, 0) is 56.5 Å². The lowest BCUT2D eigenvalue weighted by atomic mass is 10.2. The van der Waals surface area contributed by atoms with Crippen molar-refractivity contribution in [2.75, 3.05) is 31.6 Å². The summed E-state index contributed by atoms with van der Waals surface area (Å²) in [5.41, 5.74) is 0.704. The number of ether oxygens (including phenoxy) is 2. The van der Waals surface area contributed by atoms with Gasteiger partial charge >= 0.3 is 5.69 Å². The molecule has 1 aliphatic heterocycles. The molecule has 1 fully saturated rings. The molecular formula is C22H27N3O7S. The van der Waals surface area contributed by atoms with Crippen LogP contribution in [0.15, 0.2) is 41.3 Å². The first kappa shape index (κ1) is 24.5.